The van der Waals surface area contributed by atoms with Gasteiger partial charge >= 0.3 is 6.18 Å². The van der Waals surface area contributed by atoms with Crippen LogP contribution in [-0.4, -0.2) is 35.6 Å². The molecular formula is C25H26ClF3N4O3. The van der Waals surface area contributed by atoms with Crippen LogP contribution in [0.3, 0.4) is 0 Å². The van der Waals surface area contributed by atoms with E-state index in [1.807, 2.05) is 0 Å². The molecule has 1 aromatic heterocycles. The number of aromatic nitrogens is 2. The average molecular weight is 523 g/mol. The second kappa shape index (κ2) is 11.5. The van der Waals surface area contributed by atoms with Crippen molar-refractivity contribution in [3.63, 3.8) is 0 Å². The number of nitrogens with one attached hydrogen (secondary N) is 1. The van der Waals surface area contributed by atoms with Crippen molar-refractivity contribution in [2.24, 2.45) is 11.0 Å². The van der Waals surface area contributed by atoms with E-state index >= 15 is 0 Å². The number of aryl methyl sites for hydroxylation is 1. The molecule has 192 valence electrons. The third-order valence-corrected chi connectivity index (χ3v) is 5.57. The molecule has 7 nitrogen and oxygen atoms in total. The van der Waals surface area contributed by atoms with Gasteiger partial charge in [-0.25, -0.2) is 10.1 Å². The Kier molecular flexibility index (Phi) is 8.62. The first-order valence-corrected chi connectivity index (χ1v) is 11.5. The van der Waals surface area contributed by atoms with Crippen LogP contribution in [0, 0.1) is 12.8 Å². The van der Waals surface area contributed by atoms with Crippen LogP contribution in [0.4, 0.5) is 13.2 Å². The maximum atomic E-state index is 13.1. The molecular weight excluding hydrogens is 497 g/mol. The summed E-state index contributed by atoms with van der Waals surface area (Å²) >= 11 is 6.37. The highest BCUT2D eigenvalue weighted by Gasteiger charge is 2.30. The molecule has 0 atom stereocenters. The zero-order chi connectivity index (χ0) is 26.5. The molecule has 1 heterocycles. The van der Waals surface area contributed by atoms with Gasteiger partial charge in [-0.1, -0.05) is 31.5 Å². The highest BCUT2D eigenvalue weighted by molar-refractivity contribution is 6.32. The van der Waals surface area contributed by atoms with Crippen molar-refractivity contribution < 1.29 is 27.4 Å². The Morgan fingerprint density at radius 1 is 1.22 bits per heavy atom. The molecule has 1 amide bonds. The fraction of sp³-hybridized carbons (Fsp3) is 0.320. The zero-order valence-corrected chi connectivity index (χ0v) is 20.9. The number of hydrazone groups is 1. The molecule has 0 fully saturated rings. The molecule has 0 saturated carbocycles. The lowest BCUT2D eigenvalue weighted by atomic mass is 10.1. The molecule has 1 N–H and O–H groups in total. The lowest BCUT2D eigenvalue weighted by molar-refractivity contribution is -0.137. The van der Waals surface area contributed by atoms with Crippen molar-refractivity contribution in [3.8, 4) is 17.2 Å². The summed E-state index contributed by atoms with van der Waals surface area (Å²) in [7, 11) is 1.48. The third kappa shape index (κ3) is 6.57. The Morgan fingerprint density at radius 2 is 1.97 bits per heavy atom. The highest BCUT2D eigenvalue weighted by atomic mass is 35.5. The second-order valence-electron chi connectivity index (χ2n) is 8.35. The van der Waals surface area contributed by atoms with E-state index in [0.717, 1.165) is 18.6 Å². The van der Waals surface area contributed by atoms with Crippen LogP contribution in [0.5, 0.6) is 11.5 Å². The first-order valence-electron chi connectivity index (χ1n) is 11.1. The SMILES string of the molecule is COc1cc(C(=O)NN=Cc2c(C)nn(-c3cccc(C(F)(F)F)c3)c2Cl)ccc1OCCC(C)C. The van der Waals surface area contributed by atoms with Gasteiger partial charge in [-0.3, -0.25) is 4.79 Å². The maximum absolute atomic E-state index is 13.1. The van der Waals surface area contributed by atoms with Gasteiger partial charge in [0.05, 0.1) is 42.4 Å². The van der Waals surface area contributed by atoms with E-state index in [2.05, 4.69) is 29.5 Å². The third-order valence-electron chi connectivity index (χ3n) is 5.20. The quantitative estimate of drug-likeness (QED) is 0.274. The van der Waals surface area contributed by atoms with Gasteiger partial charge in [-0.2, -0.15) is 23.4 Å². The van der Waals surface area contributed by atoms with E-state index in [1.165, 1.54) is 30.1 Å². The molecule has 0 bridgehead atoms. The Hall–Kier alpha value is -3.53. The summed E-state index contributed by atoms with van der Waals surface area (Å²) in [6, 6.07) is 9.42. The highest BCUT2D eigenvalue weighted by Crippen LogP contribution is 2.32. The predicted octanol–water partition coefficient (Wildman–Crippen LogP) is 6.05. The van der Waals surface area contributed by atoms with Gasteiger partial charge in [0.15, 0.2) is 11.5 Å². The van der Waals surface area contributed by atoms with Gasteiger partial charge in [0.25, 0.3) is 5.91 Å². The summed E-state index contributed by atoms with van der Waals surface area (Å²) in [4.78, 5) is 12.6. The van der Waals surface area contributed by atoms with E-state index in [0.29, 0.717) is 40.8 Å². The number of alkyl halides is 3. The van der Waals surface area contributed by atoms with Crippen LogP contribution in [0.15, 0.2) is 47.6 Å². The van der Waals surface area contributed by atoms with Crippen LogP contribution in [0.25, 0.3) is 5.69 Å². The molecule has 2 aromatic carbocycles. The lowest BCUT2D eigenvalue weighted by Crippen LogP contribution is -2.17. The van der Waals surface area contributed by atoms with Crippen LogP contribution in [-0.2, 0) is 6.18 Å². The van der Waals surface area contributed by atoms with Crippen LogP contribution < -0.4 is 14.9 Å². The first-order chi connectivity index (χ1) is 17.0. The van der Waals surface area contributed by atoms with Gasteiger partial charge in [-0.05, 0) is 55.7 Å². The Bertz CT molecular complexity index is 1260. The Morgan fingerprint density at radius 3 is 2.64 bits per heavy atom. The number of carbonyl (C=O) groups is 1. The van der Waals surface area contributed by atoms with Crippen molar-refractivity contribution in [2.45, 2.75) is 33.4 Å². The number of hydrogen-bond acceptors (Lipinski definition) is 5. The number of nitrogens with zero attached hydrogens (tertiary/aromatic N) is 3. The lowest BCUT2D eigenvalue weighted by Gasteiger charge is -2.12. The smallest absolute Gasteiger partial charge is 0.416 e. The molecule has 0 spiro atoms. The number of amides is 1. The number of rotatable bonds is 9. The minimum Gasteiger partial charge on any atom is -0.493 e. The molecule has 0 aliphatic rings. The fourth-order valence-electron chi connectivity index (χ4n) is 3.20. The van der Waals surface area contributed by atoms with Gasteiger partial charge in [0.1, 0.15) is 5.15 Å². The van der Waals surface area contributed by atoms with Crippen molar-refractivity contribution in [2.75, 3.05) is 13.7 Å². The average Bonchev–Trinajstić information content (AvgIpc) is 3.11. The molecule has 0 aliphatic heterocycles. The van der Waals surface area contributed by atoms with Gasteiger partial charge in [-0.15, -0.1) is 0 Å². The van der Waals surface area contributed by atoms with Gasteiger partial charge in [0.2, 0.25) is 0 Å². The van der Waals surface area contributed by atoms with Crippen molar-refractivity contribution >= 4 is 23.7 Å². The number of benzene rings is 2. The Labute approximate surface area is 211 Å². The number of hydrogen-bond donors (Lipinski definition) is 1. The second-order valence-corrected chi connectivity index (χ2v) is 8.70. The van der Waals surface area contributed by atoms with E-state index in [9.17, 15) is 18.0 Å². The molecule has 36 heavy (non-hydrogen) atoms. The van der Waals surface area contributed by atoms with Crippen LogP contribution in [0.2, 0.25) is 5.15 Å². The maximum Gasteiger partial charge on any atom is 0.416 e. The van der Waals surface area contributed by atoms with Crippen molar-refractivity contribution in [3.05, 3.63) is 70.0 Å². The largest absolute Gasteiger partial charge is 0.493 e. The molecule has 3 rings (SSSR count). The summed E-state index contributed by atoms with van der Waals surface area (Å²) in [5.41, 5.74) is 2.78. The van der Waals surface area contributed by atoms with Crippen molar-refractivity contribution in [1.82, 2.24) is 15.2 Å². The minimum absolute atomic E-state index is 0.0504. The van der Waals surface area contributed by atoms with E-state index < -0.39 is 17.6 Å². The molecule has 0 saturated heterocycles. The van der Waals surface area contributed by atoms with Crippen LogP contribution in [0.1, 0.15) is 47.4 Å². The molecule has 0 unspecified atom stereocenters. The normalized spacial score (nSPS) is 11.8. The summed E-state index contributed by atoms with van der Waals surface area (Å²) in [6.45, 7) is 6.35. The number of methoxy groups -OCH3 is 1. The van der Waals surface area contributed by atoms with E-state index in [1.54, 1.807) is 25.1 Å². The first kappa shape index (κ1) is 27.1. The number of halogens is 4. The fourth-order valence-corrected chi connectivity index (χ4v) is 3.52. The van der Waals surface area contributed by atoms with Gasteiger partial charge < -0.3 is 9.47 Å². The predicted molar refractivity (Wildman–Crippen MR) is 131 cm³/mol. The van der Waals surface area contributed by atoms with Gasteiger partial charge in [0, 0.05) is 5.56 Å². The van der Waals surface area contributed by atoms with Crippen molar-refractivity contribution in [1.29, 1.82) is 0 Å². The number of ether oxygens (including phenoxy) is 2. The summed E-state index contributed by atoms with van der Waals surface area (Å²) in [5, 5.41) is 8.20. The topological polar surface area (TPSA) is 77.7 Å². The monoisotopic (exact) mass is 522 g/mol. The standard InChI is InChI=1S/C25H26ClF3N4O3/c1-15(2)10-11-36-21-9-8-17(12-22(21)35-4)24(34)31-30-14-20-16(3)32-33(23(20)26)19-7-5-6-18(13-19)25(27,28)29/h5-9,12-15H,10-11H2,1-4H3,(H,31,34). The molecule has 11 heteroatoms. The Balaban J connectivity index is 1.73. The zero-order valence-electron chi connectivity index (χ0n) is 20.2. The summed E-state index contributed by atoms with van der Waals surface area (Å²) in [5.74, 6) is 0.935. The summed E-state index contributed by atoms with van der Waals surface area (Å²) < 4.78 is 51.4. The minimum atomic E-state index is -4.50. The number of carbonyl (C=O) groups excluding carboxylic acids is 1. The van der Waals surface area contributed by atoms with E-state index in [4.69, 9.17) is 21.1 Å². The molecule has 3 aromatic rings. The van der Waals surface area contributed by atoms with E-state index in [-0.39, 0.29) is 10.8 Å². The van der Waals surface area contributed by atoms with Crippen LogP contribution >= 0.6 is 11.6 Å². The summed E-state index contributed by atoms with van der Waals surface area (Å²) in [6.07, 6.45) is -2.33. The molecule has 0 radical (unpaired) electrons. The molecule has 0 aliphatic carbocycles.